The number of hydrogen-bond acceptors (Lipinski definition) is 3. The predicted octanol–water partition coefficient (Wildman–Crippen LogP) is 2.49. The highest BCUT2D eigenvalue weighted by molar-refractivity contribution is 5.69. The summed E-state index contributed by atoms with van der Waals surface area (Å²) < 4.78 is 17.8. The van der Waals surface area contributed by atoms with Crippen LogP contribution in [0.2, 0.25) is 0 Å². The van der Waals surface area contributed by atoms with Crippen LogP contribution in [0.1, 0.15) is 25.8 Å². The number of amides is 1. The summed E-state index contributed by atoms with van der Waals surface area (Å²) in [7, 11) is 0. The fourth-order valence-electron chi connectivity index (χ4n) is 2.27. The second-order valence-electron chi connectivity index (χ2n) is 5.51. The van der Waals surface area contributed by atoms with Crippen LogP contribution in [0, 0.1) is 5.82 Å². The minimum Gasteiger partial charge on any atom is -0.448 e. The highest BCUT2D eigenvalue weighted by Crippen LogP contribution is 2.20. The molecule has 0 saturated carbocycles. The quantitative estimate of drug-likeness (QED) is 0.814. The van der Waals surface area contributed by atoms with Crippen LogP contribution in [-0.2, 0) is 10.3 Å². The minimum atomic E-state index is -0.225. The number of halogens is 1. The highest BCUT2D eigenvalue weighted by Gasteiger charge is 2.22. The Morgan fingerprint density at radius 3 is 2.65 bits per heavy atom. The van der Waals surface area contributed by atoms with Crippen molar-refractivity contribution in [2.45, 2.75) is 25.8 Å². The van der Waals surface area contributed by atoms with Gasteiger partial charge in [0.1, 0.15) is 12.4 Å². The van der Waals surface area contributed by atoms with Gasteiger partial charge in [-0.15, -0.1) is 0 Å². The van der Waals surface area contributed by atoms with Crippen molar-refractivity contribution in [1.29, 1.82) is 0 Å². The maximum absolute atomic E-state index is 12.9. The largest absolute Gasteiger partial charge is 0.448 e. The van der Waals surface area contributed by atoms with Crippen molar-refractivity contribution in [2.75, 3.05) is 26.2 Å². The van der Waals surface area contributed by atoms with Crippen LogP contribution in [0.25, 0.3) is 0 Å². The van der Waals surface area contributed by atoms with Gasteiger partial charge in [-0.3, -0.25) is 0 Å². The van der Waals surface area contributed by atoms with E-state index in [1.807, 2.05) is 0 Å². The third kappa shape index (κ3) is 3.70. The number of nitrogens with zero attached hydrogens (tertiary/aromatic N) is 1. The van der Waals surface area contributed by atoms with Crippen LogP contribution in [0.5, 0.6) is 0 Å². The van der Waals surface area contributed by atoms with Gasteiger partial charge in [-0.1, -0.05) is 12.1 Å². The second kappa shape index (κ2) is 6.22. The molecule has 1 amide bonds. The number of nitrogens with one attached hydrogen (secondary N) is 1. The van der Waals surface area contributed by atoms with Gasteiger partial charge in [-0.25, -0.2) is 9.18 Å². The summed E-state index contributed by atoms with van der Waals surface area (Å²) in [6.07, 6.45) is 0.641. The van der Waals surface area contributed by atoms with Gasteiger partial charge in [0.25, 0.3) is 0 Å². The summed E-state index contributed by atoms with van der Waals surface area (Å²) in [6, 6.07) is 6.53. The maximum atomic E-state index is 12.9. The molecule has 1 saturated heterocycles. The van der Waals surface area contributed by atoms with E-state index < -0.39 is 0 Å². The van der Waals surface area contributed by atoms with Gasteiger partial charge < -0.3 is 15.0 Å². The van der Waals surface area contributed by atoms with Crippen molar-refractivity contribution in [3.8, 4) is 0 Å². The molecule has 1 heterocycles. The summed E-state index contributed by atoms with van der Waals surface area (Å²) in [5.41, 5.74) is 0.818. The average molecular weight is 280 g/mol. The smallest absolute Gasteiger partial charge is 0.409 e. The minimum absolute atomic E-state index is 0.220. The lowest BCUT2D eigenvalue weighted by molar-refractivity contribution is 0.158. The van der Waals surface area contributed by atoms with Gasteiger partial charge in [0, 0.05) is 12.1 Å². The number of carbonyl (C=O) groups excluding carboxylic acids is 1. The van der Waals surface area contributed by atoms with E-state index in [0.29, 0.717) is 19.7 Å². The second-order valence-corrected chi connectivity index (χ2v) is 5.51. The molecule has 0 unspecified atom stereocenters. The Kier molecular flexibility index (Phi) is 4.60. The van der Waals surface area contributed by atoms with Crippen molar-refractivity contribution in [3.05, 3.63) is 35.6 Å². The lowest BCUT2D eigenvalue weighted by atomic mass is 9.94. The van der Waals surface area contributed by atoms with Crippen molar-refractivity contribution in [2.24, 2.45) is 0 Å². The standard InChI is InChI=1S/C15H21FN2O2/c1-15(2,12-4-6-13(16)7-5-12)17-8-3-9-18-10-11-20-14(18)19/h4-7,17H,3,8-11H2,1-2H3. The summed E-state index contributed by atoms with van der Waals surface area (Å²) in [5, 5.41) is 3.43. The molecule has 0 aromatic heterocycles. The monoisotopic (exact) mass is 280 g/mol. The Morgan fingerprint density at radius 2 is 2.05 bits per heavy atom. The third-order valence-corrected chi connectivity index (χ3v) is 3.58. The number of cyclic esters (lactones) is 1. The molecule has 110 valence electrons. The van der Waals surface area contributed by atoms with E-state index in [1.165, 1.54) is 12.1 Å². The van der Waals surface area contributed by atoms with Crippen molar-refractivity contribution in [3.63, 3.8) is 0 Å². The van der Waals surface area contributed by atoms with E-state index in [4.69, 9.17) is 4.74 Å². The molecule has 0 spiro atoms. The van der Waals surface area contributed by atoms with Gasteiger partial charge >= 0.3 is 6.09 Å². The molecule has 1 fully saturated rings. The van der Waals surface area contributed by atoms with Crippen molar-refractivity contribution < 1.29 is 13.9 Å². The molecular formula is C15H21FN2O2. The predicted molar refractivity (Wildman–Crippen MR) is 75.0 cm³/mol. The molecule has 1 N–H and O–H groups in total. The SMILES string of the molecule is CC(C)(NCCCN1CCOC1=O)c1ccc(F)cc1. The van der Waals surface area contributed by atoms with Crippen molar-refractivity contribution >= 4 is 6.09 Å². The Labute approximate surface area is 118 Å². The first-order valence-electron chi connectivity index (χ1n) is 6.92. The average Bonchev–Trinajstić information content (AvgIpc) is 2.81. The first kappa shape index (κ1) is 14.8. The molecule has 20 heavy (non-hydrogen) atoms. The Hall–Kier alpha value is -1.62. The fourth-order valence-corrected chi connectivity index (χ4v) is 2.27. The number of hydrogen-bond donors (Lipinski definition) is 1. The van der Waals surface area contributed by atoms with E-state index in [1.54, 1.807) is 17.0 Å². The zero-order chi connectivity index (χ0) is 14.6. The van der Waals surface area contributed by atoms with E-state index in [9.17, 15) is 9.18 Å². The van der Waals surface area contributed by atoms with Gasteiger partial charge in [0.2, 0.25) is 0 Å². The highest BCUT2D eigenvalue weighted by atomic mass is 19.1. The van der Waals surface area contributed by atoms with Crippen LogP contribution < -0.4 is 5.32 Å². The Balaban J connectivity index is 1.77. The summed E-state index contributed by atoms with van der Waals surface area (Å²) in [4.78, 5) is 13.0. The molecule has 1 aliphatic rings. The van der Waals surface area contributed by atoms with Crippen LogP contribution >= 0.6 is 0 Å². The Morgan fingerprint density at radius 1 is 1.35 bits per heavy atom. The molecule has 2 rings (SSSR count). The Bertz CT molecular complexity index is 459. The number of ether oxygens (including phenoxy) is 1. The third-order valence-electron chi connectivity index (χ3n) is 3.58. The molecule has 0 aliphatic carbocycles. The number of carbonyl (C=O) groups is 1. The fraction of sp³-hybridized carbons (Fsp3) is 0.533. The molecule has 1 aliphatic heterocycles. The molecule has 4 nitrogen and oxygen atoms in total. The maximum Gasteiger partial charge on any atom is 0.409 e. The van der Waals surface area contributed by atoms with E-state index in [0.717, 1.165) is 18.5 Å². The zero-order valence-corrected chi connectivity index (χ0v) is 12.0. The normalized spacial score (nSPS) is 15.6. The topological polar surface area (TPSA) is 41.6 Å². The lowest BCUT2D eigenvalue weighted by Crippen LogP contribution is -2.38. The van der Waals surface area contributed by atoms with Crippen LogP contribution in [0.3, 0.4) is 0 Å². The molecule has 1 aromatic rings. The molecule has 1 aromatic carbocycles. The number of rotatable bonds is 6. The summed E-state index contributed by atoms with van der Waals surface area (Å²) in [6.45, 7) is 6.78. The van der Waals surface area contributed by atoms with Gasteiger partial charge in [-0.2, -0.15) is 0 Å². The summed E-state index contributed by atoms with van der Waals surface area (Å²) in [5.74, 6) is -0.225. The molecule has 0 radical (unpaired) electrons. The van der Waals surface area contributed by atoms with Crippen molar-refractivity contribution in [1.82, 2.24) is 10.2 Å². The first-order valence-corrected chi connectivity index (χ1v) is 6.92. The van der Waals surface area contributed by atoms with Crippen LogP contribution in [0.4, 0.5) is 9.18 Å². The van der Waals surface area contributed by atoms with Gasteiger partial charge in [0.15, 0.2) is 0 Å². The van der Waals surface area contributed by atoms with Gasteiger partial charge in [0.05, 0.1) is 6.54 Å². The number of benzene rings is 1. The summed E-state index contributed by atoms with van der Waals surface area (Å²) >= 11 is 0. The lowest BCUT2D eigenvalue weighted by Gasteiger charge is -2.27. The molecular weight excluding hydrogens is 259 g/mol. The zero-order valence-electron chi connectivity index (χ0n) is 12.0. The van der Waals surface area contributed by atoms with Gasteiger partial charge in [-0.05, 0) is 44.5 Å². The molecule has 0 atom stereocenters. The molecule has 0 bridgehead atoms. The van der Waals surface area contributed by atoms with E-state index in [2.05, 4.69) is 19.2 Å². The van der Waals surface area contributed by atoms with E-state index in [-0.39, 0.29) is 17.4 Å². The first-order chi connectivity index (χ1) is 9.49. The van der Waals surface area contributed by atoms with Crippen LogP contribution in [0.15, 0.2) is 24.3 Å². The van der Waals surface area contributed by atoms with Crippen LogP contribution in [-0.4, -0.2) is 37.2 Å². The van der Waals surface area contributed by atoms with E-state index >= 15 is 0 Å². The molecule has 5 heteroatoms.